The summed E-state index contributed by atoms with van der Waals surface area (Å²) >= 11 is 8.76. The minimum Gasteiger partial charge on any atom is -0.493 e. The van der Waals surface area contributed by atoms with E-state index in [1.54, 1.807) is 48.5 Å². The van der Waals surface area contributed by atoms with Crippen LogP contribution in [0, 0.1) is 5.92 Å². The molecule has 3 rings (SSSR count). The van der Waals surface area contributed by atoms with Crippen LogP contribution in [0.25, 0.3) is 0 Å². The first-order valence-electron chi connectivity index (χ1n) is 10.8. The maximum atomic E-state index is 13.0. The summed E-state index contributed by atoms with van der Waals surface area (Å²) in [5, 5.41) is 8.55. The van der Waals surface area contributed by atoms with Crippen molar-refractivity contribution >= 4 is 56.4 Å². The van der Waals surface area contributed by atoms with Gasteiger partial charge in [0.2, 0.25) is 0 Å². The Balaban J connectivity index is 1.69. The number of nitrogens with one attached hydrogen (secondary N) is 3. The van der Waals surface area contributed by atoms with Crippen LogP contribution >= 0.6 is 28.1 Å². The molecule has 6 nitrogen and oxygen atoms in total. The van der Waals surface area contributed by atoms with Crippen molar-refractivity contribution in [2.45, 2.75) is 20.3 Å². The van der Waals surface area contributed by atoms with Gasteiger partial charge in [0.1, 0.15) is 5.75 Å². The van der Waals surface area contributed by atoms with Gasteiger partial charge in [0, 0.05) is 10.2 Å². The van der Waals surface area contributed by atoms with Crippen molar-refractivity contribution in [1.29, 1.82) is 0 Å². The van der Waals surface area contributed by atoms with Crippen LogP contribution in [0.1, 0.15) is 41.0 Å². The summed E-state index contributed by atoms with van der Waals surface area (Å²) in [6, 6.07) is 21.4. The van der Waals surface area contributed by atoms with E-state index < -0.39 is 5.91 Å². The van der Waals surface area contributed by atoms with E-state index in [0.717, 1.165) is 10.9 Å². The highest BCUT2D eigenvalue weighted by atomic mass is 79.9. The predicted octanol–water partition coefficient (Wildman–Crippen LogP) is 6.25. The van der Waals surface area contributed by atoms with Crippen LogP contribution in [0.4, 0.5) is 11.4 Å². The molecule has 3 N–H and O–H groups in total. The Hall–Kier alpha value is -3.23. The fraction of sp³-hybridized carbons (Fsp3) is 0.192. The summed E-state index contributed by atoms with van der Waals surface area (Å²) in [4.78, 5) is 25.7. The molecule has 0 radical (unpaired) electrons. The van der Waals surface area contributed by atoms with Gasteiger partial charge < -0.3 is 15.4 Å². The molecule has 0 heterocycles. The molecule has 0 bridgehead atoms. The van der Waals surface area contributed by atoms with E-state index in [4.69, 9.17) is 17.0 Å². The van der Waals surface area contributed by atoms with Gasteiger partial charge in [0.05, 0.1) is 23.4 Å². The Bertz CT molecular complexity index is 1170. The summed E-state index contributed by atoms with van der Waals surface area (Å²) in [5.41, 5.74) is 1.90. The van der Waals surface area contributed by atoms with Crippen LogP contribution < -0.4 is 20.7 Å². The van der Waals surface area contributed by atoms with Crippen LogP contribution in [0.15, 0.2) is 77.3 Å². The van der Waals surface area contributed by atoms with Crippen LogP contribution in [-0.4, -0.2) is 23.5 Å². The van der Waals surface area contributed by atoms with Crippen LogP contribution in [0.5, 0.6) is 5.75 Å². The third-order valence-corrected chi connectivity index (χ3v) is 5.51. The number of carbonyl (C=O) groups is 2. The Morgan fingerprint density at radius 2 is 1.62 bits per heavy atom. The number of ether oxygens (including phenoxy) is 1. The molecular formula is C26H26BrN3O3S. The third-order valence-electron chi connectivity index (χ3n) is 4.82. The maximum Gasteiger partial charge on any atom is 0.261 e. The van der Waals surface area contributed by atoms with Gasteiger partial charge in [-0.2, -0.15) is 0 Å². The molecule has 0 aliphatic carbocycles. The summed E-state index contributed by atoms with van der Waals surface area (Å²) in [7, 11) is 0. The molecule has 8 heteroatoms. The summed E-state index contributed by atoms with van der Waals surface area (Å²) in [5.74, 6) is 0.260. The molecule has 3 aromatic rings. The predicted molar refractivity (Wildman–Crippen MR) is 144 cm³/mol. The van der Waals surface area contributed by atoms with Crippen LogP contribution in [-0.2, 0) is 0 Å². The number of thiocarbonyl (C=S) groups is 1. The number of rotatable bonds is 8. The van der Waals surface area contributed by atoms with E-state index in [1.165, 1.54) is 0 Å². The molecule has 0 aliphatic heterocycles. The molecule has 3 aromatic carbocycles. The lowest BCUT2D eigenvalue weighted by molar-refractivity contribution is 0.0972. The quantitative estimate of drug-likeness (QED) is 0.294. The molecule has 0 unspecified atom stereocenters. The minimum atomic E-state index is -0.412. The fourth-order valence-electron chi connectivity index (χ4n) is 3.04. The van der Waals surface area contributed by atoms with E-state index >= 15 is 0 Å². The maximum absolute atomic E-state index is 13.0. The molecule has 0 spiro atoms. The first-order valence-corrected chi connectivity index (χ1v) is 12.0. The Morgan fingerprint density at radius 3 is 2.35 bits per heavy atom. The fourth-order valence-corrected chi connectivity index (χ4v) is 3.61. The van der Waals surface area contributed by atoms with Crippen molar-refractivity contribution in [1.82, 2.24) is 5.32 Å². The van der Waals surface area contributed by atoms with E-state index in [0.29, 0.717) is 40.8 Å². The lowest BCUT2D eigenvalue weighted by Gasteiger charge is -2.15. The summed E-state index contributed by atoms with van der Waals surface area (Å²) in [6.45, 7) is 4.73. The molecule has 0 aromatic heterocycles. The molecule has 0 atom stereocenters. The Labute approximate surface area is 213 Å². The highest BCUT2D eigenvalue weighted by Gasteiger charge is 2.17. The van der Waals surface area contributed by atoms with E-state index in [-0.39, 0.29) is 11.0 Å². The monoisotopic (exact) mass is 539 g/mol. The number of hydrogen-bond acceptors (Lipinski definition) is 4. The first-order chi connectivity index (χ1) is 16.3. The summed E-state index contributed by atoms with van der Waals surface area (Å²) < 4.78 is 6.58. The van der Waals surface area contributed by atoms with Gasteiger partial charge in [-0.25, -0.2) is 0 Å². The number of benzene rings is 3. The third kappa shape index (κ3) is 7.40. The normalized spacial score (nSPS) is 10.5. The van der Waals surface area contributed by atoms with E-state index in [1.807, 2.05) is 24.3 Å². The zero-order valence-corrected chi connectivity index (χ0v) is 21.3. The number of carbonyl (C=O) groups excluding carboxylic acids is 2. The number of halogens is 1. The second-order valence-corrected chi connectivity index (χ2v) is 9.27. The van der Waals surface area contributed by atoms with E-state index in [9.17, 15) is 9.59 Å². The van der Waals surface area contributed by atoms with Crippen molar-refractivity contribution in [2.75, 3.05) is 17.2 Å². The molecule has 0 saturated carbocycles. The number of amides is 2. The molecule has 176 valence electrons. The van der Waals surface area contributed by atoms with Crippen LogP contribution in [0.3, 0.4) is 0 Å². The zero-order chi connectivity index (χ0) is 24.5. The first kappa shape index (κ1) is 25.4. The number of hydrogen-bond donors (Lipinski definition) is 3. The Kier molecular flexibility index (Phi) is 9.18. The molecule has 34 heavy (non-hydrogen) atoms. The second-order valence-electron chi connectivity index (χ2n) is 7.95. The lowest BCUT2D eigenvalue weighted by Crippen LogP contribution is -2.35. The molecule has 2 amide bonds. The SMILES string of the molecule is CC(C)CCOc1ccc(Br)cc1C(=O)NC(=S)Nc1ccccc1C(=O)Nc1ccccc1. The van der Waals surface area contributed by atoms with Crippen molar-refractivity contribution in [3.05, 3.63) is 88.4 Å². The average Bonchev–Trinajstić information content (AvgIpc) is 2.80. The van der Waals surface area contributed by atoms with Gasteiger partial charge in [0.25, 0.3) is 11.8 Å². The summed E-state index contributed by atoms with van der Waals surface area (Å²) in [6.07, 6.45) is 0.874. The van der Waals surface area contributed by atoms with Gasteiger partial charge >= 0.3 is 0 Å². The molecule has 0 saturated heterocycles. The minimum absolute atomic E-state index is 0.0677. The zero-order valence-electron chi connectivity index (χ0n) is 18.9. The highest BCUT2D eigenvalue weighted by Crippen LogP contribution is 2.24. The van der Waals surface area contributed by atoms with Crippen molar-refractivity contribution in [3.63, 3.8) is 0 Å². The number of anilines is 2. The van der Waals surface area contributed by atoms with Crippen molar-refractivity contribution in [3.8, 4) is 5.75 Å². The van der Waals surface area contributed by atoms with E-state index in [2.05, 4.69) is 45.7 Å². The van der Waals surface area contributed by atoms with Crippen molar-refractivity contribution < 1.29 is 14.3 Å². The van der Waals surface area contributed by atoms with Crippen LogP contribution in [0.2, 0.25) is 0 Å². The highest BCUT2D eigenvalue weighted by molar-refractivity contribution is 9.10. The van der Waals surface area contributed by atoms with Gasteiger partial charge in [-0.15, -0.1) is 0 Å². The Morgan fingerprint density at radius 1 is 0.912 bits per heavy atom. The molecule has 0 aliphatic rings. The van der Waals surface area contributed by atoms with Gasteiger partial charge in [-0.1, -0.05) is 60.1 Å². The molecular weight excluding hydrogens is 514 g/mol. The van der Waals surface area contributed by atoms with Gasteiger partial charge in [-0.3, -0.25) is 14.9 Å². The molecule has 0 fully saturated rings. The average molecular weight is 540 g/mol. The topological polar surface area (TPSA) is 79.5 Å². The van der Waals surface area contributed by atoms with Gasteiger partial charge in [0.15, 0.2) is 5.11 Å². The largest absolute Gasteiger partial charge is 0.493 e. The smallest absolute Gasteiger partial charge is 0.261 e. The van der Waals surface area contributed by atoms with Crippen molar-refractivity contribution in [2.24, 2.45) is 5.92 Å². The lowest BCUT2D eigenvalue weighted by atomic mass is 10.1. The second kappa shape index (κ2) is 12.3. The standard InChI is InChI=1S/C26H26BrN3O3S/c1-17(2)14-15-33-23-13-12-18(27)16-21(23)25(32)30-26(34)29-22-11-7-6-10-20(22)24(31)28-19-8-4-3-5-9-19/h3-13,16-17H,14-15H2,1-2H3,(H,28,31)(H2,29,30,32,34). The van der Waals surface area contributed by atoms with Gasteiger partial charge in [-0.05, 0) is 67.0 Å². The number of para-hydroxylation sites is 2.